The molecule has 1 aliphatic rings. The number of aliphatic hydroxyl groups is 1. The van der Waals surface area contributed by atoms with Gasteiger partial charge in [-0.3, -0.25) is 4.68 Å². The smallest absolute Gasteiger partial charge is 0.243 e. The van der Waals surface area contributed by atoms with Crippen molar-refractivity contribution in [3.8, 4) is 0 Å². The normalized spacial score (nSPS) is 18.6. The van der Waals surface area contributed by atoms with Crippen LogP contribution in [0.4, 0.5) is 0 Å². The average Bonchev–Trinajstić information content (AvgIpc) is 2.74. The molecule has 1 aliphatic carbocycles. The molecule has 2 N–H and O–H groups in total. The van der Waals surface area contributed by atoms with Crippen molar-refractivity contribution in [3.05, 3.63) is 12.4 Å². The van der Waals surface area contributed by atoms with Crippen molar-refractivity contribution in [3.63, 3.8) is 0 Å². The van der Waals surface area contributed by atoms with Gasteiger partial charge in [0.2, 0.25) is 10.0 Å². The van der Waals surface area contributed by atoms with Gasteiger partial charge in [0.15, 0.2) is 0 Å². The SMILES string of the molecule is CC1(CNS(=O)(=O)c2cnn(CCO)c2)CCC1. The minimum Gasteiger partial charge on any atom is -0.394 e. The number of aromatic nitrogens is 2. The Balaban J connectivity index is 2.00. The van der Waals surface area contributed by atoms with Crippen LogP contribution in [0.25, 0.3) is 0 Å². The lowest BCUT2D eigenvalue weighted by Crippen LogP contribution is -2.39. The zero-order valence-electron chi connectivity index (χ0n) is 10.5. The van der Waals surface area contributed by atoms with Crippen LogP contribution in [-0.2, 0) is 16.6 Å². The van der Waals surface area contributed by atoms with Crippen LogP contribution in [0.5, 0.6) is 0 Å². The van der Waals surface area contributed by atoms with Gasteiger partial charge in [-0.15, -0.1) is 0 Å². The van der Waals surface area contributed by atoms with Gasteiger partial charge in [-0.2, -0.15) is 5.10 Å². The Hall–Kier alpha value is -0.920. The van der Waals surface area contributed by atoms with Crippen LogP contribution < -0.4 is 4.72 Å². The third-order valence-electron chi connectivity index (χ3n) is 3.50. The highest BCUT2D eigenvalue weighted by molar-refractivity contribution is 7.89. The first-order chi connectivity index (χ1) is 8.45. The zero-order chi connectivity index (χ0) is 13.2. The molecule has 0 aliphatic heterocycles. The van der Waals surface area contributed by atoms with E-state index < -0.39 is 10.0 Å². The largest absolute Gasteiger partial charge is 0.394 e. The van der Waals surface area contributed by atoms with Gasteiger partial charge in [0.25, 0.3) is 0 Å². The van der Waals surface area contributed by atoms with Gasteiger partial charge in [0.1, 0.15) is 4.90 Å². The highest BCUT2D eigenvalue weighted by Gasteiger charge is 2.33. The van der Waals surface area contributed by atoms with Crippen LogP contribution in [-0.4, -0.2) is 36.5 Å². The molecule has 7 heteroatoms. The lowest BCUT2D eigenvalue weighted by molar-refractivity contribution is 0.166. The van der Waals surface area contributed by atoms with Gasteiger partial charge in [-0.1, -0.05) is 13.3 Å². The molecular weight excluding hydrogens is 254 g/mol. The first-order valence-corrected chi connectivity index (χ1v) is 7.57. The Kier molecular flexibility index (Phi) is 3.74. The molecule has 1 aromatic heterocycles. The van der Waals surface area contributed by atoms with Crippen molar-refractivity contribution in [1.29, 1.82) is 0 Å². The Morgan fingerprint density at radius 3 is 2.83 bits per heavy atom. The van der Waals surface area contributed by atoms with Gasteiger partial charge in [-0.05, 0) is 18.3 Å². The second kappa shape index (κ2) is 4.99. The Morgan fingerprint density at radius 1 is 1.56 bits per heavy atom. The first-order valence-electron chi connectivity index (χ1n) is 6.08. The fourth-order valence-corrected chi connectivity index (χ4v) is 3.17. The third-order valence-corrected chi connectivity index (χ3v) is 4.85. The molecular formula is C11H19N3O3S. The summed E-state index contributed by atoms with van der Waals surface area (Å²) in [6.45, 7) is 2.80. The molecule has 0 spiro atoms. The summed E-state index contributed by atoms with van der Waals surface area (Å²) in [6.07, 6.45) is 6.05. The average molecular weight is 273 g/mol. The van der Waals surface area contributed by atoms with Crippen LogP contribution >= 0.6 is 0 Å². The minimum absolute atomic E-state index is 0.0628. The molecule has 0 amide bonds. The lowest BCUT2D eigenvalue weighted by Gasteiger charge is -2.38. The number of hydrogen-bond acceptors (Lipinski definition) is 4. The highest BCUT2D eigenvalue weighted by atomic mass is 32.2. The van der Waals surface area contributed by atoms with E-state index in [9.17, 15) is 8.42 Å². The Labute approximate surface area is 107 Å². The molecule has 18 heavy (non-hydrogen) atoms. The van der Waals surface area contributed by atoms with E-state index in [1.807, 2.05) is 0 Å². The van der Waals surface area contributed by atoms with Gasteiger partial charge < -0.3 is 5.11 Å². The molecule has 2 rings (SSSR count). The number of rotatable bonds is 6. The van der Waals surface area contributed by atoms with E-state index in [1.54, 1.807) is 0 Å². The van der Waals surface area contributed by atoms with Gasteiger partial charge >= 0.3 is 0 Å². The van der Waals surface area contributed by atoms with E-state index in [4.69, 9.17) is 5.11 Å². The van der Waals surface area contributed by atoms with Crippen LogP contribution in [0.1, 0.15) is 26.2 Å². The maximum absolute atomic E-state index is 12.0. The van der Waals surface area contributed by atoms with Gasteiger partial charge in [0.05, 0.1) is 19.3 Å². The molecule has 0 atom stereocenters. The quantitative estimate of drug-likeness (QED) is 0.783. The molecule has 0 radical (unpaired) electrons. The second-order valence-corrected chi connectivity index (χ2v) is 6.92. The van der Waals surface area contributed by atoms with Crippen molar-refractivity contribution in [1.82, 2.24) is 14.5 Å². The van der Waals surface area contributed by atoms with Crippen LogP contribution in [0, 0.1) is 5.41 Å². The van der Waals surface area contributed by atoms with Crippen LogP contribution in [0.3, 0.4) is 0 Å². The maximum atomic E-state index is 12.0. The number of aliphatic hydroxyl groups excluding tert-OH is 1. The predicted molar refractivity (Wildman–Crippen MR) is 66.5 cm³/mol. The number of nitrogens with zero attached hydrogens (tertiary/aromatic N) is 2. The summed E-state index contributed by atoms with van der Waals surface area (Å²) < 4.78 is 28.1. The fourth-order valence-electron chi connectivity index (χ4n) is 2.02. The summed E-state index contributed by atoms with van der Waals surface area (Å²) in [5, 5.41) is 12.6. The van der Waals surface area contributed by atoms with Crippen LogP contribution in [0.2, 0.25) is 0 Å². The summed E-state index contributed by atoms with van der Waals surface area (Å²) in [6, 6.07) is 0. The molecule has 1 saturated carbocycles. The summed E-state index contributed by atoms with van der Waals surface area (Å²) in [7, 11) is -3.48. The molecule has 102 valence electrons. The second-order valence-electron chi connectivity index (χ2n) is 5.15. The molecule has 0 bridgehead atoms. The van der Waals surface area contributed by atoms with Gasteiger partial charge in [0, 0.05) is 12.7 Å². The number of sulfonamides is 1. The topological polar surface area (TPSA) is 84.2 Å². The molecule has 0 saturated heterocycles. The number of hydrogen-bond donors (Lipinski definition) is 2. The van der Waals surface area contributed by atoms with E-state index in [1.165, 1.54) is 23.5 Å². The molecule has 1 heterocycles. The summed E-state index contributed by atoms with van der Waals surface area (Å²) in [5.74, 6) is 0. The van der Waals surface area contributed by atoms with Crippen LogP contribution in [0.15, 0.2) is 17.3 Å². The first kappa shape index (κ1) is 13.5. The van der Waals surface area contributed by atoms with Crippen molar-refractivity contribution in [2.45, 2.75) is 37.6 Å². The molecule has 1 aromatic rings. The highest BCUT2D eigenvalue weighted by Crippen LogP contribution is 2.39. The zero-order valence-corrected chi connectivity index (χ0v) is 11.3. The summed E-state index contributed by atoms with van der Waals surface area (Å²) >= 11 is 0. The van der Waals surface area contributed by atoms with Crippen molar-refractivity contribution < 1.29 is 13.5 Å². The molecule has 0 unspecified atom stereocenters. The van der Waals surface area contributed by atoms with E-state index in [0.29, 0.717) is 13.1 Å². The summed E-state index contributed by atoms with van der Waals surface area (Å²) in [4.78, 5) is 0.152. The monoisotopic (exact) mass is 273 g/mol. The number of nitrogens with one attached hydrogen (secondary N) is 1. The Bertz CT molecular complexity index is 505. The standard InChI is InChI=1S/C11H19N3O3S/c1-11(3-2-4-11)9-13-18(16,17)10-7-12-14(8-10)5-6-15/h7-8,13,15H,2-6,9H2,1H3. The minimum atomic E-state index is -3.48. The lowest BCUT2D eigenvalue weighted by atomic mass is 9.71. The molecule has 0 aromatic carbocycles. The maximum Gasteiger partial charge on any atom is 0.243 e. The van der Waals surface area contributed by atoms with Gasteiger partial charge in [-0.25, -0.2) is 13.1 Å². The van der Waals surface area contributed by atoms with Crippen molar-refractivity contribution in [2.75, 3.05) is 13.2 Å². The molecule has 1 fully saturated rings. The third kappa shape index (κ3) is 2.90. The fraction of sp³-hybridized carbons (Fsp3) is 0.727. The predicted octanol–water partition coefficient (Wildman–Crippen LogP) is 0.344. The Morgan fingerprint density at radius 2 is 2.28 bits per heavy atom. The van der Waals surface area contributed by atoms with E-state index in [-0.39, 0.29) is 16.9 Å². The molecule has 6 nitrogen and oxygen atoms in total. The van der Waals surface area contributed by atoms with Crippen molar-refractivity contribution in [2.24, 2.45) is 5.41 Å². The van der Waals surface area contributed by atoms with E-state index >= 15 is 0 Å². The summed E-state index contributed by atoms with van der Waals surface area (Å²) in [5.41, 5.74) is 0.105. The van der Waals surface area contributed by atoms with E-state index in [2.05, 4.69) is 16.7 Å². The van der Waals surface area contributed by atoms with Crippen molar-refractivity contribution >= 4 is 10.0 Å². The van der Waals surface area contributed by atoms with E-state index in [0.717, 1.165) is 12.8 Å².